The molecule has 2 aromatic carbocycles. The number of nitriles is 1. The van der Waals surface area contributed by atoms with Crippen LogP contribution < -0.4 is 4.74 Å². The highest BCUT2D eigenvalue weighted by Crippen LogP contribution is 2.33. The van der Waals surface area contributed by atoms with E-state index in [0.717, 1.165) is 22.6 Å². The number of carbonyl (C=O) groups excluding carboxylic acids is 1. The van der Waals surface area contributed by atoms with Gasteiger partial charge in [0.25, 0.3) is 11.7 Å². The fourth-order valence-corrected chi connectivity index (χ4v) is 3.26. The summed E-state index contributed by atoms with van der Waals surface area (Å²) in [5.74, 6) is 0.547. The van der Waals surface area contributed by atoms with E-state index in [1.807, 2.05) is 60.7 Å². The summed E-state index contributed by atoms with van der Waals surface area (Å²) in [6.07, 6.45) is 1.97. The molecule has 1 aliphatic rings. The summed E-state index contributed by atoms with van der Waals surface area (Å²) in [6, 6.07) is 19.0. The minimum Gasteiger partial charge on any atom is -0.497 e. The standard InChI is InChI=1S/C21H18N6O2/c1-29-17-9-7-16(8-10-17)19-11-18(15-5-3-2-4-6-15)24-27(19)21(28)13-26-14-23-20(12-22)25-26/h2-10,14,19H,11,13H2,1H3/t19-/m1/s1. The minimum atomic E-state index is -0.234. The van der Waals surface area contributed by atoms with Crippen molar-refractivity contribution in [1.29, 1.82) is 5.26 Å². The molecule has 8 heteroatoms. The number of hydrogen-bond donors (Lipinski definition) is 0. The fourth-order valence-electron chi connectivity index (χ4n) is 3.26. The van der Waals surface area contributed by atoms with Gasteiger partial charge >= 0.3 is 0 Å². The Balaban J connectivity index is 1.63. The summed E-state index contributed by atoms with van der Waals surface area (Å²) in [5, 5.41) is 19.0. The maximum absolute atomic E-state index is 13.0. The van der Waals surface area contributed by atoms with Crippen molar-refractivity contribution in [3.05, 3.63) is 77.9 Å². The number of aromatic nitrogens is 3. The lowest BCUT2D eigenvalue weighted by Gasteiger charge is -2.22. The zero-order chi connectivity index (χ0) is 20.2. The molecule has 1 aromatic heterocycles. The normalized spacial score (nSPS) is 15.7. The van der Waals surface area contributed by atoms with E-state index in [0.29, 0.717) is 6.42 Å². The maximum Gasteiger partial charge on any atom is 0.265 e. The van der Waals surface area contributed by atoms with Crippen LogP contribution in [0.2, 0.25) is 0 Å². The Morgan fingerprint density at radius 3 is 2.62 bits per heavy atom. The lowest BCUT2D eigenvalue weighted by Crippen LogP contribution is -2.30. The highest BCUT2D eigenvalue weighted by molar-refractivity contribution is 6.03. The Kier molecular flexibility index (Phi) is 5.03. The highest BCUT2D eigenvalue weighted by Gasteiger charge is 2.33. The van der Waals surface area contributed by atoms with Gasteiger partial charge in [0.05, 0.1) is 18.9 Å². The number of rotatable bonds is 5. The first kappa shape index (κ1) is 18.4. The molecule has 0 N–H and O–H groups in total. The summed E-state index contributed by atoms with van der Waals surface area (Å²) >= 11 is 0. The van der Waals surface area contributed by atoms with Crippen LogP contribution in [0.3, 0.4) is 0 Å². The van der Waals surface area contributed by atoms with E-state index in [9.17, 15) is 4.79 Å². The van der Waals surface area contributed by atoms with Crippen LogP contribution in [0.15, 0.2) is 66.0 Å². The average Bonchev–Trinajstić information content (AvgIpc) is 3.41. The molecule has 29 heavy (non-hydrogen) atoms. The van der Waals surface area contributed by atoms with Gasteiger partial charge in [0.1, 0.15) is 24.7 Å². The van der Waals surface area contributed by atoms with Gasteiger partial charge in [0.2, 0.25) is 0 Å². The molecule has 0 spiro atoms. The molecule has 0 unspecified atom stereocenters. The summed E-state index contributed by atoms with van der Waals surface area (Å²) in [4.78, 5) is 16.9. The van der Waals surface area contributed by atoms with Crippen molar-refractivity contribution in [2.24, 2.45) is 5.10 Å². The number of hydrogen-bond acceptors (Lipinski definition) is 6. The van der Waals surface area contributed by atoms with Crippen LogP contribution in [0, 0.1) is 11.3 Å². The minimum absolute atomic E-state index is 0.0272. The summed E-state index contributed by atoms with van der Waals surface area (Å²) in [6.45, 7) is -0.0487. The monoisotopic (exact) mass is 386 g/mol. The molecule has 144 valence electrons. The molecule has 1 atom stereocenters. The smallest absolute Gasteiger partial charge is 0.265 e. The molecule has 0 radical (unpaired) electrons. The Morgan fingerprint density at radius 1 is 1.21 bits per heavy atom. The first-order valence-electron chi connectivity index (χ1n) is 9.06. The van der Waals surface area contributed by atoms with Crippen molar-refractivity contribution in [2.75, 3.05) is 7.11 Å². The van der Waals surface area contributed by atoms with Crippen LogP contribution in [0.4, 0.5) is 0 Å². The van der Waals surface area contributed by atoms with Gasteiger partial charge < -0.3 is 4.74 Å². The maximum atomic E-state index is 13.0. The predicted molar refractivity (Wildman–Crippen MR) is 105 cm³/mol. The van der Waals surface area contributed by atoms with Gasteiger partial charge in [0, 0.05) is 6.42 Å². The predicted octanol–water partition coefficient (Wildman–Crippen LogP) is 2.54. The Labute approximate surface area is 167 Å². The van der Waals surface area contributed by atoms with Crippen molar-refractivity contribution in [3.8, 4) is 11.8 Å². The molecule has 2 heterocycles. The molecule has 8 nitrogen and oxygen atoms in total. The summed E-state index contributed by atoms with van der Waals surface area (Å²) < 4.78 is 6.58. The molecule has 3 aromatic rings. The summed E-state index contributed by atoms with van der Waals surface area (Å²) in [5.41, 5.74) is 2.79. The molecule has 0 saturated carbocycles. The summed E-state index contributed by atoms with van der Waals surface area (Å²) in [7, 11) is 1.62. The first-order valence-corrected chi connectivity index (χ1v) is 9.06. The average molecular weight is 386 g/mol. The fraction of sp³-hybridized carbons (Fsp3) is 0.190. The molecule has 0 fully saturated rings. The molecule has 4 rings (SSSR count). The number of ether oxygens (including phenoxy) is 1. The van der Waals surface area contributed by atoms with Crippen LogP contribution >= 0.6 is 0 Å². The molecule has 1 aliphatic heterocycles. The van der Waals surface area contributed by atoms with Crippen molar-refractivity contribution < 1.29 is 9.53 Å². The second-order valence-corrected chi connectivity index (χ2v) is 6.52. The third-order valence-electron chi connectivity index (χ3n) is 4.71. The quantitative estimate of drug-likeness (QED) is 0.671. The number of hydrazone groups is 1. The van der Waals surface area contributed by atoms with Crippen LogP contribution in [-0.2, 0) is 11.3 Å². The van der Waals surface area contributed by atoms with E-state index < -0.39 is 0 Å². The van der Waals surface area contributed by atoms with Gasteiger partial charge in [-0.05, 0) is 23.3 Å². The van der Waals surface area contributed by atoms with Crippen LogP contribution in [0.5, 0.6) is 5.75 Å². The SMILES string of the molecule is COc1ccc([C@H]2CC(c3ccccc3)=NN2C(=O)Cn2cnc(C#N)n2)cc1. The van der Waals surface area contributed by atoms with E-state index in [1.54, 1.807) is 7.11 Å². The van der Waals surface area contributed by atoms with E-state index >= 15 is 0 Å². The van der Waals surface area contributed by atoms with Gasteiger partial charge in [-0.15, -0.1) is 5.10 Å². The van der Waals surface area contributed by atoms with E-state index in [-0.39, 0.29) is 24.3 Å². The lowest BCUT2D eigenvalue weighted by molar-refractivity contribution is -0.133. The highest BCUT2D eigenvalue weighted by atomic mass is 16.5. The van der Waals surface area contributed by atoms with Crippen LogP contribution in [0.1, 0.15) is 29.4 Å². The van der Waals surface area contributed by atoms with E-state index in [2.05, 4.69) is 15.2 Å². The molecule has 1 amide bonds. The second-order valence-electron chi connectivity index (χ2n) is 6.52. The second kappa shape index (κ2) is 7.94. The number of benzene rings is 2. The topological polar surface area (TPSA) is 96.4 Å². The number of amides is 1. The lowest BCUT2D eigenvalue weighted by atomic mass is 9.98. The third-order valence-corrected chi connectivity index (χ3v) is 4.71. The van der Waals surface area contributed by atoms with Gasteiger partial charge in [-0.2, -0.15) is 10.4 Å². The molecule has 0 aliphatic carbocycles. The zero-order valence-electron chi connectivity index (χ0n) is 15.8. The molecular formula is C21H18N6O2. The largest absolute Gasteiger partial charge is 0.497 e. The number of carbonyl (C=O) groups is 1. The van der Waals surface area contributed by atoms with E-state index in [4.69, 9.17) is 10.00 Å². The van der Waals surface area contributed by atoms with Crippen molar-refractivity contribution >= 4 is 11.6 Å². The first-order chi connectivity index (χ1) is 14.2. The zero-order valence-corrected chi connectivity index (χ0v) is 15.8. The molecule has 0 bridgehead atoms. The van der Waals surface area contributed by atoms with Crippen molar-refractivity contribution in [1.82, 2.24) is 19.8 Å². The van der Waals surface area contributed by atoms with Crippen LogP contribution in [-0.4, -0.2) is 38.5 Å². The third kappa shape index (κ3) is 3.84. The molecular weight excluding hydrogens is 368 g/mol. The van der Waals surface area contributed by atoms with Crippen LogP contribution in [0.25, 0.3) is 0 Å². The number of methoxy groups -OCH3 is 1. The Hall–Kier alpha value is -3.99. The van der Waals surface area contributed by atoms with Gasteiger partial charge in [-0.3, -0.25) is 4.79 Å². The van der Waals surface area contributed by atoms with Gasteiger partial charge in [-0.25, -0.2) is 14.7 Å². The Morgan fingerprint density at radius 2 is 1.97 bits per heavy atom. The Bertz CT molecular complexity index is 1080. The van der Waals surface area contributed by atoms with Gasteiger partial charge in [0.15, 0.2) is 0 Å². The number of nitrogens with zero attached hydrogens (tertiary/aromatic N) is 6. The molecule has 0 saturated heterocycles. The van der Waals surface area contributed by atoms with Crippen molar-refractivity contribution in [3.63, 3.8) is 0 Å². The van der Waals surface area contributed by atoms with Crippen molar-refractivity contribution in [2.45, 2.75) is 19.0 Å². The van der Waals surface area contributed by atoms with Gasteiger partial charge in [-0.1, -0.05) is 42.5 Å². The van der Waals surface area contributed by atoms with E-state index in [1.165, 1.54) is 16.0 Å².